The summed E-state index contributed by atoms with van der Waals surface area (Å²) in [6.07, 6.45) is 0.695. The average molecular weight is 474 g/mol. The zero-order valence-corrected chi connectivity index (χ0v) is 19.9. The second kappa shape index (κ2) is 10.8. The summed E-state index contributed by atoms with van der Waals surface area (Å²) in [4.78, 5) is 25.8. The van der Waals surface area contributed by atoms with Crippen LogP contribution >= 0.6 is 0 Å². The van der Waals surface area contributed by atoms with Gasteiger partial charge in [0.25, 0.3) is 5.91 Å². The summed E-state index contributed by atoms with van der Waals surface area (Å²) < 4.78 is 22.6. The molecule has 7 nitrogen and oxygen atoms in total. The maximum atomic E-state index is 13.4. The third-order valence-corrected chi connectivity index (χ3v) is 5.58. The van der Waals surface area contributed by atoms with E-state index >= 15 is 0 Å². The highest BCUT2D eigenvalue weighted by Crippen LogP contribution is 2.36. The zero-order chi connectivity index (χ0) is 24.8. The molecule has 0 saturated heterocycles. The molecule has 0 spiro atoms. The van der Waals surface area contributed by atoms with Crippen molar-refractivity contribution >= 4 is 16.9 Å². The summed E-state index contributed by atoms with van der Waals surface area (Å²) in [5.41, 5.74) is 2.70. The highest BCUT2D eigenvalue weighted by Gasteiger charge is 2.20. The average Bonchev–Trinajstić information content (AvgIpc) is 2.88. The number of carbonyl (C=O) groups excluding carboxylic acids is 1. The van der Waals surface area contributed by atoms with Crippen molar-refractivity contribution in [1.82, 2.24) is 5.32 Å². The zero-order valence-electron chi connectivity index (χ0n) is 19.9. The molecule has 0 aliphatic heterocycles. The van der Waals surface area contributed by atoms with Crippen LogP contribution in [0.5, 0.6) is 17.2 Å². The number of amides is 1. The predicted molar refractivity (Wildman–Crippen MR) is 134 cm³/mol. The lowest BCUT2D eigenvalue weighted by molar-refractivity contribution is -0.123. The van der Waals surface area contributed by atoms with E-state index in [0.29, 0.717) is 41.0 Å². The Kier molecular flexibility index (Phi) is 7.35. The number of nitrogens with one attached hydrogen (secondary N) is 1. The number of benzene rings is 3. The molecule has 0 bridgehead atoms. The lowest BCUT2D eigenvalue weighted by Crippen LogP contribution is -2.31. The molecule has 0 aliphatic rings. The topological polar surface area (TPSA) is 87.0 Å². The molecule has 4 rings (SSSR count). The molecule has 0 saturated carbocycles. The largest absolute Gasteiger partial charge is 0.493 e. The van der Waals surface area contributed by atoms with Crippen LogP contribution in [0.3, 0.4) is 0 Å². The number of carbonyl (C=O) groups is 1. The van der Waals surface area contributed by atoms with E-state index in [9.17, 15) is 9.59 Å². The normalized spacial score (nSPS) is 10.7. The van der Waals surface area contributed by atoms with E-state index in [1.165, 1.54) is 7.11 Å². The first-order valence-corrected chi connectivity index (χ1v) is 11.2. The summed E-state index contributed by atoms with van der Waals surface area (Å²) in [6, 6.07) is 20.3. The van der Waals surface area contributed by atoms with Crippen LogP contribution in [0, 0.1) is 6.92 Å². The molecule has 0 unspecified atom stereocenters. The minimum absolute atomic E-state index is 0.0354. The van der Waals surface area contributed by atoms with E-state index in [4.69, 9.17) is 18.6 Å². The Hall–Kier alpha value is -4.26. The molecule has 0 aliphatic carbocycles. The van der Waals surface area contributed by atoms with Crippen molar-refractivity contribution in [2.24, 2.45) is 0 Å². The lowest BCUT2D eigenvalue weighted by Gasteiger charge is -2.14. The summed E-state index contributed by atoms with van der Waals surface area (Å²) in [7, 11) is 3.07. The van der Waals surface area contributed by atoms with E-state index < -0.39 is 0 Å². The quantitative estimate of drug-likeness (QED) is 0.385. The van der Waals surface area contributed by atoms with Gasteiger partial charge in [-0.2, -0.15) is 0 Å². The summed E-state index contributed by atoms with van der Waals surface area (Å²) in [5.74, 6) is 0.859. The maximum Gasteiger partial charge on any atom is 0.257 e. The molecule has 0 radical (unpaired) electrons. The van der Waals surface area contributed by atoms with E-state index in [1.54, 1.807) is 37.4 Å². The highest BCUT2D eigenvalue weighted by molar-refractivity contribution is 5.83. The Morgan fingerprint density at radius 2 is 1.71 bits per heavy atom. The van der Waals surface area contributed by atoms with Crippen molar-refractivity contribution in [3.63, 3.8) is 0 Å². The van der Waals surface area contributed by atoms with Gasteiger partial charge in [-0.15, -0.1) is 0 Å². The number of ether oxygens (including phenoxy) is 3. The van der Waals surface area contributed by atoms with Gasteiger partial charge in [0.1, 0.15) is 5.58 Å². The van der Waals surface area contributed by atoms with Gasteiger partial charge < -0.3 is 23.9 Å². The number of rotatable bonds is 9. The summed E-state index contributed by atoms with van der Waals surface area (Å²) in [6.45, 7) is 2.05. The number of hydrogen-bond donors (Lipinski definition) is 1. The SMILES string of the molecule is COc1ccc(-c2oc3cc(C)ccc3c(=O)c2OCC(=O)NCCc2ccccc2)cc1OC. The molecule has 7 heteroatoms. The Bertz CT molecular complexity index is 1390. The molecule has 1 heterocycles. The molecule has 1 amide bonds. The molecular weight excluding hydrogens is 446 g/mol. The maximum absolute atomic E-state index is 13.4. The molecule has 3 aromatic carbocycles. The van der Waals surface area contributed by atoms with Gasteiger partial charge in [-0.05, 0) is 54.8 Å². The molecule has 35 heavy (non-hydrogen) atoms. The standard InChI is InChI=1S/C28H27NO6/c1-18-9-11-21-23(15-18)35-27(20-10-12-22(32-2)24(16-20)33-3)28(26(21)31)34-17-25(30)29-14-13-19-7-5-4-6-8-19/h4-12,15-16H,13-14,17H2,1-3H3,(H,29,30). The lowest BCUT2D eigenvalue weighted by atomic mass is 10.1. The first-order chi connectivity index (χ1) is 17.0. The second-order valence-corrected chi connectivity index (χ2v) is 8.03. The molecule has 0 fully saturated rings. The highest BCUT2D eigenvalue weighted by atomic mass is 16.5. The Morgan fingerprint density at radius 3 is 2.46 bits per heavy atom. The fraction of sp³-hybridized carbons (Fsp3) is 0.214. The molecule has 0 atom stereocenters. The number of aryl methyl sites for hydroxylation is 1. The van der Waals surface area contributed by atoms with Crippen LogP contribution in [0.15, 0.2) is 75.9 Å². The van der Waals surface area contributed by atoms with Crippen LogP contribution in [-0.2, 0) is 11.2 Å². The molecular formula is C28H27NO6. The van der Waals surface area contributed by atoms with E-state index in [0.717, 1.165) is 11.1 Å². The smallest absolute Gasteiger partial charge is 0.257 e. The summed E-state index contributed by atoms with van der Waals surface area (Å²) >= 11 is 0. The van der Waals surface area contributed by atoms with Crippen LogP contribution in [0.1, 0.15) is 11.1 Å². The van der Waals surface area contributed by atoms with Crippen molar-refractivity contribution in [2.75, 3.05) is 27.4 Å². The van der Waals surface area contributed by atoms with Crippen molar-refractivity contribution in [3.05, 3.63) is 88.1 Å². The van der Waals surface area contributed by atoms with Gasteiger partial charge in [0.2, 0.25) is 11.2 Å². The van der Waals surface area contributed by atoms with Crippen LogP contribution in [-0.4, -0.2) is 33.3 Å². The van der Waals surface area contributed by atoms with Gasteiger partial charge in [0.15, 0.2) is 23.9 Å². The first-order valence-electron chi connectivity index (χ1n) is 11.2. The van der Waals surface area contributed by atoms with Crippen LogP contribution in [0.4, 0.5) is 0 Å². The number of methoxy groups -OCH3 is 2. The number of hydrogen-bond acceptors (Lipinski definition) is 6. The molecule has 1 aromatic heterocycles. The van der Waals surface area contributed by atoms with Gasteiger partial charge >= 0.3 is 0 Å². The fourth-order valence-corrected chi connectivity index (χ4v) is 3.76. The van der Waals surface area contributed by atoms with Crippen LogP contribution < -0.4 is 25.0 Å². The van der Waals surface area contributed by atoms with Crippen molar-refractivity contribution < 1.29 is 23.4 Å². The Balaban J connectivity index is 1.62. The van der Waals surface area contributed by atoms with E-state index in [2.05, 4.69) is 5.32 Å². The third-order valence-electron chi connectivity index (χ3n) is 5.58. The monoisotopic (exact) mass is 473 g/mol. The number of fused-ring (bicyclic) bond motifs is 1. The van der Waals surface area contributed by atoms with Gasteiger partial charge in [-0.3, -0.25) is 9.59 Å². The predicted octanol–water partition coefficient (Wildman–Crippen LogP) is 4.52. The van der Waals surface area contributed by atoms with Crippen molar-refractivity contribution in [2.45, 2.75) is 13.3 Å². The molecule has 4 aromatic rings. The summed E-state index contributed by atoms with van der Waals surface area (Å²) in [5, 5.41) is 3.20. The van der Waals surface area contributed by atoms with Crippen molar-refractivity contribution in [1.29, 1.82) is 0 Å². The van der Waals surface area contributed by atoms with E-state index in [1.807, 2.05) is 43.3 Å². The van der Waals surface area contributed by atoms with E-state index in [-0.39, 0.29) is 29.5 Å². The first kappa shape index (κ1) is 23.9. The van der Waals surface area contributed by atoms with Gasteiger partial charge in [0.05, 0.1) is 19.6 Å². The second-order valence-electron chi connectivity index (χ2n) is 8.03. The molecule has 1 N–H and O–H groups in total. The molecule has 180 valence electrons. The third kappa shape index (κ3) is 5.46. The minimum atomic E-state index is -0.354. The van der Waals surface area contributed by atoms with Gasteiger partial charge in [-0.25, -0.2) is 0 Å². The Morgan fingerprint density at radius 1 is 0.943 bits per heavy atom. The van der Waals surface area contributed by atoms with Gasteiger partial charge in [0, 0.05) is 12.1 Å². The van der Waals surface area contributed by atoms with Crippen LogP contribution in [0.2, 0.25) is 0 Å². The van der Waals surface area contributed by atoms with Crippen molar-refractivity contribution in [3.8, 4) is 28.6 Å². The fourth-order valence-electron chi connectivity index (χ4n) is 3.76. The van der Waals surface area contributed by atoms with Gasteiger partial charge in [-0.1, -0.05) is 36.4 Å². The van der Waals surface area contributed by atoms with Crippen LogP contribution in [0.25, 0.3) is 22.3 Å². The minimum Gasteiger partial charge on any atom is -0.493 e. The Labute approximate surface area is 203 Å².